The second-order valence-corrected chi connectivity index (χ2v) is 2.07. The molecule has 6 nitrogen and oxygen atoms in total. The summed E-state index contributed by atoms with van der Waals surface area (Å²) in [5, 5.41) is 8.44. The number of aliphatic carboxylic acids is 1. The van der Waals surface area contributed by atoms with Crippen molar-refractivity contribution < 1.29 is 19.5 Å². The normalized spacial score (nSPS) is 11.8. The number of rotatable bonds is 5. The Morgan fingerprint density at radius 1 is 1.67 bits per heavy atom. The lowest BCUT2D eigenvalue weighted by atomic mass is 10.2. The minimum Gasteiger partial charge on any atom is -0.480 e. The number of carbonyl (C=O) groups excluding carboxylic acids is 1. The molecule has 0 aromatic heterocycles. The van der Waals surface area contributed by atoms with E-state index < -0.39 is 18.0 Å². The van der Waals surface area contributed by atoms with E-state index in [1.807, 2.05) is 0 Å². The quantitative estimate of drug-likeness (QED) is 0.425. The number of carboxylic acids is 1. The molecule has 0 spiro atoms. The summed E-state index contributed by atoms with van der Waals surface area (Å²) in [6.07, 6.45) is -0.0264. The Balaban J connectivity index is 3.80. The molecule has 0 unspecified atom stereocenters. The zero-order valence-corrected chi connectivity index (χ0v) is 6.40. The first-order chi connectivity index (χ1) is 5.61. The summed E-state index contributed by atoms with van der Waals surface area (Å²) in [5.74, 6) is 2.75. The van der Waals surface area contributed by atoms with E-state index in [-0.39, 0.29) is 12.8 Å². The molecule has 0 aliphatic carbocycles. The SMILES string of the molecule is C=N[C@@H](CCC(=O)ON)C(=O)O. The molecular weight excluding hydrogens is 164 g/mol. The van der Waals surface area contributed by atoms with Crippen LogP contribution in [0.4, 0.5) is 0 Å². The maximum atomic E-state index is 10.5. The highest BCUT2D eigenvalue weighted by Gasteiger charge is 2.16. The summed E-state index contributed by atoms with van der Waals surface area (Å²) < 4.78 is 0. The van der Waals surface area contributed by atoms with Crippen LogP contribution in [-0.4, -0.2) is 29.8 Å². The fraction of sp³-hybridized carbons (Fsp3) is 0.500. The molecule has 12 heavy (non-hydrogen) atoms. The molecule has 1 atom stereocenters. The van der Waals surface area contributed by atoms with E-state index in [0.717, 1.165) is 0 Å². The van der Waals surface area contributed by atoms with Crippen molar-refractivity contribution in [3.63, 3.8) is 0 Å². The smallest absolute Gasteiger partial charge is 0.328 e. The Bertz CT molecular complexity index is 192. The van der Waals surface area contributed by atoms with Crippen molar-refractivity contribution in [1.29, 1.82) is 0 Å². The summed E-state index contributed by atoms with van der Waals surface area (Å²) in [6.45, 7) is 3.07. The fourth-order valence-electron chi connectivity index (χ4n) is 0.606. The fourth-order valence-corrected chi connectivity index (χ4v) is 0.606. The number of nitrogens with two attached hydrogens (primary N) is 1. The lowest BCUT2D eigenvalue weighted by Gasteiger charge is -2.03. The van der Waals surface area contributed by atoms with Gasteiger partial charge in [-0.15, -0.1) is 0 Å². The van der Waals surface area contributed by atoms with Crippen LogP contribution in [0, 0.1) is 0 Å². The van der Waals surface area contributed by atoms with Crippen molar-refractivity contribution in [2.75, 3.05) is 0 Å². The summed E-state index contributed by atoms with van der Waals surface area (Å²) in [7, 11) is 0. The summed E-state index contributed by atoms with van der Waals surface area (Å²) in [4.78, 5) is 27.9. The standard InChI is InChI=1S/C6H10N2O4/c1-8-4(6(10)11)2-3-5(9)12-7/h4H,1-3,7H2,(H,10,11)/t4-/m0/s1. The van der Waals surface area contributed by atoms with Crippen molar-refractivity contribution >= 4 is 18.7 Å². The van der Waals surface area contributed by atoms with Gasteiger partial charge in [0.25, 0.3) is 0 Å². The molecule has 0 aromatic rings. The van der Waals surface area contributed by atoms with Gasteiger partial charge < -0.3 is 9.94 Å². The van der Waals surface area contributed by atoms with Gasteiger partial charge in [-0.1, -0.05) is 0 Å². The van der Waals surface area contributed by atoms with Gasteiger partial charge in [0.2, 0.25) is 0 Å². The number of carbonyl (C=O) groups is 2. The van der Waals surface area contributed by atoms with Gasteiger partial charge >= 0.3 is 11.9 Å². The van der Waals surface area contributed by atoms with Gasteiger partial charge in [-0.3, -0.25) is 9.79 Å². The molecular formula is C6H10N2O4. The van der Waals surface area contributed by atoms with Crippen LogP contribution < -0.4 is 5.90 Å². The predicted molar refractivity (Wildman–Crippen MR) is 40.5 cm³/mol. The van der Waals surface area contributed by atoms with E-state index in [4.69, 9.17) is 5.11 Å². The largest absolute Gasteiger partial charge is 0.480 e. The van der Waals surface area contributed by atoms with Crippen LogP contribution in [0.1, 0.15) is 12.8 Å². The molecule has 0 heterocycles. The Hall–Kier alpha value is -1.43. The van der Waals surface area contributed by atoms with Gasteiger partial charge in [0.15, 0.2) is 0 Å². The Labute approximate surface area is 69.0 Å². The summed E-state index contributed by atoms with van der Waals surface area (Å²) in [6, 6.07) is -0.968. The molecule has 6 heteroatoms. The van der Waals surface area contributed by atoms with E-state index >= 15 is 0 Å². The molecule has 0 aliphatic heterocycles. The third kappa shape index (κ3) is 3.67. The highest BCUT2D eigenvalue weighted by atomic mass is 16.7. The average molecular weight is 174 g/mol. The Kier molecular flexibility index (Phi) is 4.62. The van der Waals surface area contributed by atoms with Gasteiger partial charge in [-0.25, -0.2) is 4.79 Å². The number of nitrogens with zero attached hydrogens (tertiary/aromatic N) is 1. The molecule has 0 saturated heterocycles. The van der Waals surface area contributed by atoms with Crippen molar-refractivity contribution in [2.24, 2.45) is 10.9 Å². The molecule has 0 aliphatic rings. The number of carboxylic acid groups (broad SMARTS) is 1. The predicted octanol–water partition coefficient (Wildman–Crippen LogP) is -0.663. The molecule has 68 valence electrons. The molecule has 0 bridgehead atoms. The van der Waals surface area contributed by atoms with Gasteiger partial charge in [-0.05, 0) is 13.1 Å². The van der Waals surface area contributed by atoms with E-state index in [9.17, 15) is 9.59 Å². The van der Waals surface area contributed by atoms with Crippen LogP contribution in [0.25, 0.3) is 0 Å². The molecule has 0 rings (SSSR count). The first-order valence-corrected chi connectivity index (χ1v) is 3.20. The average Bonchev–Trinajstić information content (AvgIpc) is 2.04. The highest BCUT2D eigenvalue weighted by molar-refractivity contribution is 5.76. The van der Waals surface area contributed by atoms with Crippen molar-refractivity contribution in [3.05, 3.63) is 0 Å². The van der Waals surface area contributed by atoms with Crippen molar-refractivity contribution in [2.45, 2.75) is 18.9 Å². The van der Waals surface area contributed by atoms with E-state index in [0.29, 0.717) is 0 Å². The van der Waals surface area contributed by atoms with Gasteiger partial charge in [0, 0.05) is 6.42 Å². The van der Waals surface area contributed by atoms with Crippen LogP contribution in [0.15, 0.2) is 4.99 Å². The third-order valence-electron chi connectivity index (χ3n) is 1.26. The van der Waals surface area contributed by atoms with Crippen LogP contribution >= 0.6 is 0 Å². The number of aliphatic imine (C=N–C) groups is 1. The van der Waals surface area contributed by atoms with E-state index in [2.05, 4.69) is 22.4 Å². The van der Waals surface area contributed by atoms with E-state index in [1.165, 1.54) is 0 Å². The zero-order chi connectivity index (χ0) is 9.56. The lowest BCUT2D eigenvalue weighted by molar-refractivity contribution is -0.144. The van der Waals surface area contributed by atoms with Crippen molar-refractivity contribution in [3.8, 4) is 0 Å². The second kappa shape index (κ2) is 5.25. The molecule has 0 saturated carbocycles. The topological polar surface area (TPSA) is 102 Å². The molecule has 0 radical (unpaired) electrons. The number of hydrogen-bond acceptors (Lipinski definition) is 5. The van der Waals surface area contributed by atoms with Gasteiger partial charge in [0.05, 0.1) is 0 Å². The van der Waals surface area contributed by atoms with Gasteiger partial charge in [0.1, 0.15) is 6.04 Å². The minimum atomic E-state index is -1.12. The number of hydrogen-bond donors (Lipinski definition) is 2. The Morgan fingerprint density at radius 3 is 2.58 bits per heavy atom. The summed E-state index contributed by atoms with van der Waals surface area (Å²) >= 11 is 0. The van der Waals surface area contributed by atoms with Gasteiger partial charge in [-0.2, -0.15) is 5.90 Å². The van der Waals surface area contributed by atoms with E-state index in [1.54, 1.807) is 0 Å². The maximum Gasteiger partial charge on any atom is 0.328 e. The highest BCUT2D eigenvalue weighted by Crippen LogP contribution is 2.01. The second-order valence-electron chi connectivity index (χ2n) is 2.07. The maximum absolute atomic E-state index is 10.5. The zero-order valence-electron chi connectivity index (χ0n) is 6.40. The first kappa shape index (κ1) is 10.6. The summed E-state index contributed by atoms with van der Waals surface area (Å²) in [5.41, 5.74) is 0. The van der Waals surface area contributed by atoms with Crippen LogP contribution in [0.2, 0.25) is 0 Å². The van der Waals surface area contributed by atoms with Crippen LogP contribution in [0.5, 0.6) is 0 Å². The monoisotopic (exact) mass is 174 g/mol. The van der Waals surface area contributed by atoms with Crippen molar-refractivity contribution in [1.82, 2.24) is 0 Å². The van der Waals surface area contributed by atoms with Crippen LogP contribution in [-0.2, 0) is 14.4 Å². The molecule has 0 aromatic carbocycles. The molecule has 0 fully saturated rings. The Morgan fingerprint density at radius 2 is 2.25 bits per heavy atom. The molecule has 3 N–H and O–H groups in total. The minimum absolute atomic E-state index is 0.0505. The first-order valence-electron chi connectivity index (χ1n) is 3.20. The third-order valence-corrected chi connectivity index (χ3v) is 1.26. The van der Waals surface area contributed by atoms with Crippen LogP contribution in [0.3, 0.4) is 0 Å². The molecule has 0 amide bonds. The lowest BCUT2D eigenvalue weighted by Crippen LogP contribution is -2.20.